The molecule has 4 aromatic carbocycles. The first-order chi connectivity index (χ1) is 27.2. The summed E-state index contributed by atoms with van der Waals surface area (Å²) < 4.78 is 34.5. The van der Waals surface area contributed by atoms with E-state index < -0.39 is 43.8 Å². The number of H-pyrrole nitrogens is 1. The minimum absolute atomic E-state index is 0.0431. The largest absolute Gasteiger partial charge is 0.497 e. The van der Waals surface area contributed by atoms with Crippen LogP contribution in [0.4, 0.5) is 0 Å². The highest BCUT2D eigenvalue weighted by Gasteiger charge is 2.44. The molecule has 0 radical (unpaired) electrons. The van der Waals surface area contributed by atoms with Crippen molar-refractivity contribution in [1.82, 2.24) is 13.9 Å². The first kappa shape index (κ1) is 38.5. The lowest BCUT2D eigenvalue weighted by Gasteiger charge is -2.37. The number of para-hydroxylation sites is 1. The Morgan fingerprint density at radius 2 is 1.55 bits per heavy atom. The first-order valence-corrected chi connectivity index (χ1v) is 19.2. The van der Waals surface area contributed by atoms with Crippen molar-refractivity contribution in [2.75, 3.05) is 20.8 Å². The van der Waals surface area contributed by atoms with Gasteiger partial charge in [-0.25, -0.2) is 4.79 Å². The summed E-state index contributed by atoms with van der Waals surface area (Å²) in [4.78, 5) is 39.8. The fraction of sp³-hybridized carbons (Fsp3) is 0.233. The zero-order valence-electron chi connectivity index (χ0n) is 31.1. The minimum Gasteiger partial charge on any atom is -0.497 e. The van der Waals surface area contributed by atoms with E-state index in [0.29, 0.717) is 23.5 Å². The van der Waals surface area contributed by atoms with Crippen LogP contribution in [0.1, 0.15) is 40.6 Å². The summed E-state index contributed by atoms with van der Waals surface area (Å²) in [6, 6.07) is 36.8. The molecule has 7 rings (SSSR count). The monoisotopic (exact) mass is 772 g/mol. The van der Waals surface area contributed by atoms with Crippen molar-refractivity contribution in [2.24, 2.45) is 0 Å². The molecule has 6 aromatic rings. The Kier molecular flexibility index (Phi) is 11.6. The number of allylic oxidation sites excluding steroid dienone is 2. The average Bonchev–Trinajstić information content (AvgIpc) is 3.81. The van der Waals surface area contributed by atoms with Gasteiger partial charge in [-0.2, -0.15) is 5.26 Å². The molecule has 1 aliphatic rings. The third-order valence-electron chi connectivity index (χ3n) is 9.95. The van der Waals surface area contributed by atoms with Crippen molar-refractivity contribution in [1.29, 1.82) is 5.26 Å². The Morgan fingerprint density at radius 1 is 0.929 bits per heavy atom. The van der Waals surface area contributed by atoms with E-state index in [1.54, 1.807) is 31.6 Å². The summed E-state index contributed by atoms with van der Waals surface area (Å²) in [5.41, 5.74) is 2.02. The lowest BCUT2D eigenvalue weighted by atomic mass is 9.80. The maximum absolute atomic E-state index is 13.2. The fourth-order valence-corrected chi connectivity index (χ4v) is 8.44. The Hall–Kier alpha value is -5.80. The number of nitrogens with zero attached hydrogens (tertiary/aromatic N) is 3. The lowest BCUT2D eigenvalue weighted by Crippen LogP contribution is -2.38. The number of fused-ring (bicyclic) bond motifs is 1. The van der Waals surface area contributed by atoms with Crippen molar-refractivity contribution in [3.8, 4) is 17.6 Å². The van der Waals surface area contributed by atoms with E-state index in [1.807, 2.05) is 115 Å². The van der Waals surface area contributed by atoms with Gasteiger partial charge >= 0.3 is 5.69 Å². The van der Waals surface area contributed by atoms with Crippen molar-refractivity contribution in [3.05, 3.63) is 176 Å². The van der Waals surface area contributed by atoms with Crippen LogP contribution in [0.5, 0.6) is 11.5 Å². The van der Waals surface area contributed by atoms with E-state index in [0.717, 1.165) is 33.3 Å². The first-order valence-electron chi connectivity index (χ1n) is 18.0. The Balaban J connectivity index is 1.30. The van der Waals surface area contributed by atoms with Gasteiger partial charge in [-0.3, -0.25) is 18.7 Å². The second kappa shape index (κ2) is 16.9. The van der Waals surface area contributed by atoms with E-state index in [2.05, 4.69) is 4.98 Å². The second-order valence-corrected chi connectivity index (χ2v) is 14.4. The number of aromatic amines is 1. The molecule has 1 fully saturated rings. The maximum atomic E-state index is 13.2. The highest BCUT2D eigenvalue weighted by atomic mass is 31.2. The third-order valence-corrected chi connectivity index (χ3v) is 11.2. The molecule has 13 heteroatoms. The molecule has 2 N–H and O–H groups in total. The number of rotatable bonds is 14. The van der Waals surface area contributed by atoms with E-state index >= 15 is 0 Å². The van der Waals surface area contributed by atoms with Gasteiger partial charge in [0.25, 0.3) is 14.1 Å². The van der Waals surface area contributed by atoms with Gasteiger partial charge < -0.3 is 28.4 Å². The number of ether oxygens (including phenoxy) is 4. The summed E-state index contributed by atoms with van der Waals surface area (Å²) >= 11 is 0. The zero-order valence-corrected chi connectivity index (χ0v) is 32.0. The van der Waals surface area contributed by atoms with Gasteiger partial charge in [-0.15, -0.1) is 0 Å². The smallest absolute Gasteiger partial charge is 0.330 e. The van der Waals surface area contributed by atoms with E-state index in [9.17, 15) is 14.5 Å². The van der Waals surface area contributed by atoms with Crippen LogP contribution in [-0.4, -0.2) is 51.8 Å². The van der Waals surface area contributed by atoms with Crippen LogP contribution in [0.3, 0.4) is 0 Å². The average molecular weight is 773 g/mol. The van der Waals surface area contributed by atoms with Gasteiger partial charge in [0.2, 0.25) is 0 Å². The number of nitriles is 1. The molecule has 0 saturated carbocycles. The van der Waals surface area contributed by atoms with Crippen molar-refractivity contribution >= 4 is 19.4 Å². The summed E-state index contributed by atoms with van der Waals surface area (Å²) in [6.45, 7) is 1.57. The highest BCUT2D eigenvalue weighted by molar-refractivity contribution is 7.44. The van der Waals surface area contributed by atoms with Crippen LogP contribution >= 0.6 is 8.53 Å². The molecule has 1 saturated heterocycles. The van der Waals surface area contributed by atoms with E-state index in [-0.39, 0.29) is 13.0 Å². The van der Waals surface area contributed by atoms with Gasteiger partial charge in [0.15, 0.2) is 0 Å². The molecular weight excluding hydrogens is 731 g/mol. The molecule has 286 valence electrons. The lowest BCUT2D eigenvalue weighted by molar-refractivity contribution is -0.0916. The van der Waals surface area contributed by atoms with Crippen LogP contribution in [0.15, 0.2) is 137 Å². The number of aryl methyl sites for hydroxylation is 1. The Bertz CT molecular complexity index is 2420. The van der Waals surface area contributed by atoms with Crippen LogP contribution in [0.25, 0.3) is 10.9 Å². The summed E-state index contributed by atoms with van der Waals surface area (Å²) in [5.74, 6) is 1.36. The molecule has 1 aliphatic heterocycles. The molecule has 56 heavy (non-hydrogen) atoms. The third kappa shape index (κ3) is 7.69. The quantitative estimate of drug-likeness (QED) is 0.0686. The molecule has 0 amide bonds. The van der Waals surface area contributed by atoms with Crippen LogP contribution in [0.2, 0.25) is 0 Å². The minimum atomic E-state index is -2.31. The van der Waals surface area contributed by atoms with Crippen molar-refractivity contribution in [2.45, 2.75) is 43.8 Å². The predicted octanol–water partition coefficient (Wildman–Crippen LogP) is 6.89. The number of nitrogens with one attached hydrogen (secondary N) is 1. The molecule has 12 nitrogen and oxygen atoms in total. The van der Waals surface area contributed by atoms with Crippen molar-refractivity contribution in [3.63, 3.8) is 0 Å². The topological polar surface area (TPSA) is 150 Å². The normalized spacial score (nSPS) is 17.6. The van der Waals surface area contributed by atoms with Crippen LogP contribution in [-0.2, 0) is 26.0 Å². The summed E-state index contributed by atoms with van der Waals surface area (Å²) in [7, 11) is 0.909. The van der Waals surface area contributed by atoms with Gasteiger partial charge in [0.1, 0.15) is 29.4 Å². The zero-order chi connectivity index (χ0) is 39.2. The molecule has 3 heterocycles. The van der Waals surface area contributed by atoms with Crippen LogP contribution < -0.4 is 20.7 Å². The van der Waals surface area contributed by atoms with E-state index in [4.69, 9.17) is 28.7 Å². The molecule has 0 spiro atoms. The van der Waals surface area contributed by atoms with Gasteiger partial charge in [-0.1, -0.05) is 78.9 Å². The Morgan fingerprint density at radius 3 is 2.20 bits per heavy atom. The van der Waals surface area contributed by atoms with Gasteiger partial charge in [-0.05, 0) is 60.0 Å². The number of hydrogen-bond donors (Lipinski definition) is 2. The number of aromatic nitrogens is 3. The summed E-state index contributed by atoms with van der Waals surface area (Å²) in [6.07, 6.45) is 2.70. The molecule has 0 bridgehead atoms. The SMILES string of the molecule is COc1ccc(C(OC[C@H]2O[C@@H](n3cc(C)c(=O)[nH]c3=O)C[C@@H]2OP(O)n2c(C/C=C/C#N)cc3ccccc32)(c2ccccc2)c2ccc(OC)cc2)cc1. The van der Waals surface area contributed by atoms with Crippen molar-refractivity contribution < 1.29 is 28.4 Å². The predicted molar refractivity (Wildman–Crippen MR) is 213 cm³/mol. The highest BCUT2D eigenvalue weighted by Crippen LogP contribution is 2.47. The molecule has 2 aromatic heterocycles. The summed E-state index contributed by atoms with van der Waals surface area (Å²) in [5, 5.41) is 10.0. The molecule has 1 unspecified atom stereocenters. The number of methoxy groups -OCH3 is 2. The second-order valence-electron chi connectivity index (χ2n) is 13.3. The molecular formula is C43H41N4O8P. The van der Waals surface area contributed by atoms with Gasteiger partial charge in [0, 0.05) is 41.8 Å². The standard InChI is InChI=1S/C43H41N4O8P/c1-29-27-46(42(49)45-41(29)48)40-26-38(55-56(50)47-34(14-9-10-24-44)25-30-11-7-8-15-37(30)47)39(54-40)28-53-43(31-12-5-4-6-13-31,32-16-20-35(51-2)21-17-32)33-18-22-36(52-3)23-19-33/h4-13,15-23,25,27,38-40,50H,14,26,28H2,1-3H3,(H,45,48,49)/b10-9+/t38-,39+,40+,56?/m0/s1. The fourth-order valence-electron chi connectivity index (χ4n) is 7.16. The van der Waals surface area contributed by atoms with Crippen LogP contribution in [0, 0.1) is 18.3 Å². The molecule has 4 atom stereocenters. The Labute approximate surface area is 324 Å². The van der Waals surface area contributed by atoms with E-state index in [1.165, 1.54) is 16.8 Å². The number of hydrogen-bond acceptors (Lipinski definition) is 9. The number of benzene rings is 4. The van der Waals surface area contributed by atoms with Gasteiger partial charge in [0.05, 0.1) is 38.5 Å². The molecule has 0 aliphatic carbocycles. The maximum Gasteiger partial charge on any atom is 0.330 e.